The summed E-state index contributed by atoms with van der Waals surface area (Å²) in [5, 5.41) is -0.211. The molecule has 3 rings (SSSR count). The van der Waals surface area contributed by atoms with Gasteiger partial charge in [0.05, 0.1) is 24.5 Å². The molecular formula is C15H15BrN2O4S. The van der Waals surface area contributed by atoms with E-state index in [2.05, 4.69) is 15.9 Å². The number of thioether (sulfide) groups is 1. The minimum atomic E-state index is -0.224. The Kier molecular flexibility index (Phi) is 4.63. The van der Waals surface area contributed by atoms with Crippen LogP contribution in [0.4, 0.5) is 4.79 Å². The summed E-state index contributed by atoms with van der Waals surface area (Å²) < 4.78 is 5.85. The number of methoxy groups -OCH3 is 1. The molecule has 23 heavy (non-hydrogen) atoms. The fourth-order valence-corrected chi connectivity index (χ4v) is 4.01. The molecule has 0 radical (unpaired) electrons. The van der Waals surface area contributed by atoms with Gasteiger partial charge in [-0.25, -0.2) is 0 Å². The van der Waals surface area contributed by atoms with Crippen LogP contribution in [0.1, 0.15) is 16.8 Å². The fourth-order valence-electron chi connectivity index (χ4n) is 2.82. The van der Waals surface area contributed by atoms with Crippen LogP contribution in [-0.4, -0.2) is 58.8 Å². The molecule has 0 unspecified atom stereocenters. The van der Waals surface area contributed by atoms with Crippen molar-refractivity contribution < 1.29 is 19.1 Å². The van der Waals surface area contributed by atoms with Gasteiger partial charge < -0.3 is 9.64 Å². The van der Waals surface area contributed by atoms with Gasteiger partial charge >= 0.3 is 0 Å². The van der Waals surface area contributed by atoms with Gasteiger partial charge in [-0.3, -0.25) is 19.3 Å². The number of hydrogen-bond donors (Lipinski definition) is 0. The van der Waals surface area contributed by atoms with Crippen molar-refractivity contribution in [3.05, 3.63) is 28.2 Å². The monoisotopic (exact) mass is 398 g/mol. The Morgan fingerprint density at radius 3 is 2.83 bits per heavy atom. The molecule has 2 fully saturated rings. The highest BCUT2D eigenvalue weighted by atomic mass is 79.9. The van der Waals surface area contributed by atoms with Crippen LogP contribution in [0.15, 0.2) is 22.7 Å². The molecule has 2 aliphatic heterocycles. The molecule has 1 aromatic rings. The number of rotatable bonds is 3. The Labute approximate surface area is 146 Å². The Hall–Kier alpha value is -1.54. The van der Waals surface area contributed by atoms with Crippen molar-refractivity contribution in [2.24, 2.45) is 0 Å². The van der Waals surface area contributed by atoms with Gasteiger partial charge in [0.1, 0.15) is 5.75 Å². The largest absolute Gasteiger partial charge is 0.497 e. The predicted molar refractivity (Wildman–Crippen MR) is 89.7 cm³/mol. The lowest BCUT2D eigenvalue weighted by Crippen LogP contribution is -2.41. The van der Waals surface area contributed by atoms with Crippen LogP contribution in [0, 0.1) is 0 Å². The highest BCUT2D eigenvalue weighted by Crippen LogP contribution is 2.29. The highest BCUT2D eigenvalue weighted by molar-refractivity contribution is 9.10. The number of likely N-dealkylation sites (tertiary alicyclic amines) is 1. The van der Waals surface area contributed by atoms with Crippen molar-refractivity contribution in [3.8, 4) is 5.75 Å². The molecule has 0 aromatic heterocycles. The molecule has 122 valence electrons. The van der Waals surface area contributed by atoms with E-state index in [1.807, 2.05) is 0 Å². The summed E-state index contributed by atoms with van der Waals surface area (Å²) in [6.45, 7) is 0.898. The van der Waals surface area contributed by atoms with E-state index in [4.69, 9.17) is 4.74 Å². The van der Waals surface area contributed by atoms with Gasteiger partial charge in [0.2, 0.25) is 5.91 Å². The first-order chi connectivity index (χ1) is 11.0. The Balaban J connectivity index is 1.75. The highest BCUT2D eigenvalue weighted by Gasteiger charge is 2.40. The first kappa shape index (κ1) is 16.3. The third-order valence-corrected chi connectivity index (χ3v) is 5.53. The fraction of sp³-hybridized carbons (Fsp3) is 0.400. The summed E-state index contributed by atoms with van der Waals surface area (Å²) in [4.78, 5) is 39.3. The first-order valence-electron chi connectivity index (χ1n) is 7.13. The van der Waals surface area contributed by atoms with E-state index >= 15 is 0 Å². The predicted octanol–water partition coefficient (Wildman–Crippen LogP) is 2.37. The van der Waals surface area contributed by atoms with Crippen molar-refractivity contribution in [1.82, 2.24) is 9.80 Å². The Morgan fingerprint density at radius 2 is 2.17 bits per heavy atom. The molecule has 1 aromatic carbocycles. The van der Waals surface area contributed by atoms with Gasteiger partial charge in [-0.05, 0) is 40.5 Å². The second kappa shape index (κ2) is 6.52. The van der Waals surface area contributed by atoms with Crippen LogP contribution in [0.5, 0.6) is 5.75 Å². The van der Waals surface area contributed by atoms with E-state index in [9.17, 15) is 14.4 Å². The smallest absolute Gasteiger partial charge is 0.289 e. The van der Waals surface area contributed by atoms with Gasteiger partial charge in [-0.15, -0.1) is 0 Å². The summed E-state index contributed by atoms with van der Waals surface area (Å²) in [6, 6.07) is 5.00. The maximum Gasteiger partial charge on any atom is 0.289 e. The molecule has 2 aliphatic rings. The summed E-state index contributed by atoms with van der Waals surface area (Å²) in [5.41, 5.74) is 0.512. The average Bonchev–Trinajstić information content (AvgIpc) is 3.14. The Bertz CT molecular complexity index is 665. The minimum Gasteiger partial charge on any atom is -0.497 e. The molecule has 0 N–H and O–H groups in total. The molecule has 2 saturated heterocycles. The number of amides is 3. The summed E-state index contributed by atoms with van der Waals surface area (Å²) in [5.74, 6) is 0.505. The lowest BCUT2D eigenvalue weighted by Gasteiger charge is -2.22. The number of hydrogen-bond acceptors (Lipinski definition) is 5. The molecule has 2 heterocycles. The standard InChI is InChI=1S/C15H15BrN2O4S/c1-22-10-2-3-12(16)11(6-10)14(20)17-5-4-9(7-17)18-13(19)8-23-15(18)21/h2-3,6,9H,4-5,7-8H2,1H3/t9-/m0/s1. The van der Waals surface area contributed by atoms with Gasteiger partial charge in [0.25, 0.3) is 11.1 Å². The molecule has 1 atom stereocenters. The quantitative estimate of drug-likeness (QED) is 0.781. The third kappa shape index (κ3) is 3.10. The number of carbonyl (C=O) groups excluding carboxylic acids is 3. The molecule has 0 saturated carbocycles. The second-order valence-electron chi connectivity index (χ2n) is 5.36. The van der Waals surface area contributed by atoms with Gasteiger partial charge in [0, 0.05) is 17.6 Å². The second-order valence-corrected chi connectivity index (χ2v) is 7.14. The van der Waals surface area contributed by atoms with E-state index in [-0.39, 0.29) is 28.8 Å². The SMILES string of the molecule is COc1ccc(Br)c(C(=O)N2CC[C@H](N3C(=O)CSC3=O)C2)c1. The molecule has 0 spiro atoms. The zero-order valence-corrected chi connectivity index (χ0v) is 14.9. The maximum absolute atomic E-state index is 12.7. The first-order valence-corrected chi connectivity index (χ1v) is 8.90. The van der Waals surface area contributed by atoms with Crippen LogP contribution >= 0.6 is 27.7 Å². The molecular weight excluding hydrogens is 384 g/mol. The molecule has 0 aliphatic carbocycles. The molecule has 8 heteroatoms. The number of benzene rings is 1. The van der Waals surface area contributed by atoms with Crippen LogP contribution in [0.2, 0.25) is 0 Å². The number of nitrogens with zero attached hydrogens (tertiary/aromatic N) is 2. The topological polar surface area (TPSA) is 66.9 Å². The van der Waals surface area contributed by atoms with Crippen molar-refractivity contribution in [3.63, 3.8) is 0 Å². The van der Waals surface area contributed by atoms with Crippen molar-refractivity contribution >= 4 is 44.7 Å². The Morgan fingerprint density at radius 1 is 1.39 bits per heavy atom. The van der Waals surface area contributed by atoms with Gasteiger partial charge in [0.15, 0.2) is 0 Å². The number of carbonyl (C=O) groups is 3. The van der Waals surface area contributed by atoms with E-state index in [1.54, 1.807) is 30.2 Å². The lowest BCUT2D eigenvalue weighted by atomic mass is 10.2. The maximum atomic E-state index is 12.7. The number of imide groups is 1. The van der Waals surface area contributed by atoms with Crippen LogP contribution in [-0.2, 0) is 4.79 Å². The van der Waals surface area contributed by atoms with E-state index in [0.29, 0.717) is 35.3 Å². The van der Waals surface area contributed by atoms with E-state index in [0.717, 1.165) is 11.8 Å². The zero-order chi connectivity index (χ0) is 16.6. The summed E-state index contributed by atoms with van der Waals surface area (Å²) in [7, 11) is 1.55. The molecule has 6 nitrogen and oxygen atoms in total. The normalized spacial score (nSPS) is 21.2. The summed E-state index contributed by atoms with van der Waals surface area (Å²) >= 11 is 4.41. The van der Waals surface area contributed by atoms with Crippen LogP contribution < -0.4 is 4.74 Å². The average molecular weight is 399 g/mol. The summed E-state index contributed by atoms with van der Waals surface area (Å²) in [6.07, 6.45) is 0.616. The van der Waals surface area contributed by atoms with E-state index < -0.39 is 0 Å². The van der Waals surface area contributed by atoms with E-state index in [1.165, 1.54) is 4.90 Å². The molecule has 3 amide bonds. The molecule has 0 bridgehead atoms. The van der Waals surface area contributed by atoms with Crippen LogP contribution in [0.3, 0.4) is 0 Å². The minimum absolute atomic E-state index is 0.134. The zero-order valence-electron chi connectivity index (χ0n) is 12.5. The van der Waals surface area contributed by atoms with Crippen LogP contribution in [0.25, 0.3) is 0 Å². The van der Waals surface area contributed by atoms with Gasteiger partial charge in [-0.1, -0.05) is 11.8 Å². The lowest BCUT2D eigenvalue weighted by molar-refractivity contribution is -0.126. The third-order valence-electron chi connectivity index (χ3n) is 4.00. The van der Waals surface area contributed by atoms with Crippen molar-refractivity contribution in [2.45, 2.75) is 12.5 Å². The van der Waals surface area contributed by atoms with Crippen molar-refractivity contribution in [2.75, 3.05) is 26.0 Å². The number of halogens is 1. The number of ether oxygens (including phenoxy) is 1. The van der Waals surface area contributed by atoms with Crippen molar-refractivity contribution in [1.29, 1.82) is 0 Å². The van der Waals surface area contributed by atoms with Gasteiger partial charge in [-0.2, -0.15) is 0 Å².